The molecule has 5 rings (SSSR count). The Morgan fingerprint density at radius 2 is 1.50 bits per heavy atom. The molecule has 0 aliphatic heterocycles. The van der Waals surface area contributed by atoms with Gasteiger partial charge in [-0.1, -0.05) is 59.7 Å². The molecule has 0 radical (unpaired) electrons. The number of carbonyl (C=O) groups is 1. The maximum absolute atomic E-state index is 13.1. The zero-order valence-electron chi connectivity index (χ0n) is 20.4. The largest absolute Gasteiger partial charge is 0.457 e. The molecule has 0 aliphatic carbocycles. The summed E-state index contributed by atoms with van der Waals surface area (Å²) < 4.78 is 7.57. The summed E-state index contributed by atoms with van der Waals surface area (Å²) in [6.45, 7) is 6.11. The Bertz CT molecular complexity index is 1520. The second-order valence-electron chi connectivity index (χ2n) is 8.72. The van der Waals surface area contributed by atoms with E-state index in [0.29, 0.717) is 17.3 Å². The van der Waals surface area contributed by atoms with Crippen LogP contribution in [0.3, 0.4) is 0 Å². The number of rotatable bonds is 6. The monoisotopic (exact) mass is 474 g/mol. The fourth-order valence-corrected chi connectivity index (χ4v) is 4.01. The van der Waals surface area contributed by atoms with Crippen molar-refractivity contribution in [2.24, 2.45) is 0 Å². The molecule has 0 atom stereocenters. The number of nitrogens with zero attached hydrogens (tertiary/aromatic N) is 3. The molecule has 4 aromatic carbocycles. The molecule has 1 heterocycles. The molecule has 0 aliphatic rings. The average Bonchev–Trinajstić information content (AvgIpc) is 3.31. The summed E-state index contributed by atoms with van der Waals surface area (Å²) >= 11 is 0. The molecule has 0 fully saturated rings. The van der Waals surface area contributed by atoms with Gasteiger partial charge >= 0.3 is 0 Å². The van der Waals surface area contributed by atoms with Gasteiger partial charge < -0.3 is 10.1 Å². The Balaban J connectivity index is 1.43. The lowest BCUT2D eigenvalue weighted by molar-refractivity contribution is 0.101. The van der Waals surface area contributed by atoms with E-state index in [-0.39, 0.29) is 11.7 Å². The van der Waals surface area contributed by atoms with Crippen LogP contribution in [-0.4, -0.2) is 20.7 Å². The molecule has 0 unspecified atom stereocenters. The molecular weight excluding hydrogens is 448 g/mol. The number of nitrogens with one attached hydrogen (secondary N) is 1. The maximum atomic E-state index is 13.1. The fraction of sp³-hybridized carbons (Fsp3) is 0.100. The van der Waals surface area contributed by atoms with Crippen molar-refractivity contribution in [3.8, 4) is 28.6 Å². The smallest absolute Gasteiger partial charge is 0.295 e. The molecule has 0 spiro atoms. The number of carbonyl (C=O) groups excluding carboxylic acids is 1. The van der Waals surface area contributed by atoms with Crippen molar-refractivity contribution in [1.29, 1.82) is 0 Å². The molecule has 0 saturated carbocycles. The maximum Gasteiger partial charge on any atom is 0.295 e. The molecule has 6 heteroatoms. The lowest BCUT2D eigenvalue weighted by Crippen LogP contribution is -2.14. The predicted molar refractivity (Wildman–Crippen MR) is 142 cm³/mol. The van der Waals surface area contributed by atoms with E-state index in [2.05, 4.69) is 28.4 Å². The van der Waals surface area contributed by atoms with Gasteiger partial charge in [0.2, 0.25) is 5.82 Å². The molecule has 1 aromatic heterocycles. The van der Waals surface area contributed by atoms with E-state index in [0.717, 1.165) is 33.7 Å². The first kappa shape index (κ1) is 23.1. The third-order valence-electron chi connectivity index (χ3n) is 5.76. The van der Waals surface area contributed by atoms with E-state index in [1.165, 1.54) is 0 Å². The quantitative estimate of drug-likeness (QED) is 0.290. The number of aryl methyl sites for hydroxylation is 3. The van der Waals surface area contributed by atoms with Gasteiger partial charge in [-0.15, -0.1) is 5.10 Å². The van der Waals surface area contributed by atoms with Crippen molar-refractivity contribution in [3.63, 3.8) is 0 Å². The fourth-order valence-electron chi connectivity index (χ4n) is 4.01. The van der Waals surface area contributed by atoms with Crippen LogP contribution < -0.4 is 10.1 Å². The van der Waals surface area contributed by atoms with Crippen molar-refractivity contribution in [3.05, 3.63) is 120 Å². The second-order valence-corrected chi connectivity index (χ2v) is 8.72. The van der Waals surface area contributed by atoms with Crippen molar-refractivity contribution < 1.29 is 9.53 Å². The Kier molecular flexibility index (Phi) is 6.33. The third-order valence-corrected chi connectivity index (χ3v) is 5.76. The number of anilines is 1. The first-order valence-electron chi connectivity index (χ1n) is 11.7. The van der Waals surface area contributed by atoms with Crippen molar-refractivity contribution in [2.75, 3.05) is 5.32 Å². The summed E-state index contributed by atoms with van der Waals surface area (Å²) in [5, 5.41) is 7.51. The molecule has 5 aromatic rings. The van der Waals surface area contributed by atoms with Crippen LogP contribution in [0.1, 0.15) is 27.3 Å². The topological polar surface area (TPSA) is 69.0 Å². The number of ether oxygens (including phenoxy) is 1. The van der Waals surface area contributed by atoms with Crippen LogP contribution in [0, 0.1) is 20.8 Å². The van der Waals surface area contributed by atoms with E-state index < -0.39 is 0 Å². The van der Waals surface area contributed by atoms with Gasteiger partial charge in [-0.3, -0.25) is 4.79 Å². The molecule has 1 amide bonds. The summed E-state index contributed by atoms with van der Waals surface area (Å²) in [5.74, 6) is 1.75. The molecule has 6 nitrogen and oxygen atoms in total. The van der Waals surface area contributed by atoms with Gasteiger partial charge in [-0.05, 0) is 74.9 Å². The second kappa shape index (κ2) is 9.88. The molecule has 1 N–H and O–H groups in total. The highest BCUT2D eigenvalue weighted by atomic mass is 16.5. The molecular formula is C30H26N4O2. The van der Waals surface area contributed by atoms with Gasteiger partial charge in [-0.2, -0.15) is 0 Å². The first-order chi connectivity index (χ1) is 17.5. The van der Waals surface area contributed by atoms with Crippen LogP contribution in [0.4, 0.5) is 5.69 Å². The Morgan fingerprint density at radius 1 is 0.778 bits per heavy atom. The summed E-state index contributed by atoms with van der Waals surface area (Å²) in [6.07, 6.45) is 0. The minimum atomic E-state index is -0.385. The normalized spacial score (nSPS) is 10.8. The first-order valence-corrected chi connectivity index (χ1v) is 11.7. The summed E-state index contributed by atoms with van der Waals surface area (Å²) in [6, 6.07) is 30.9. The van der Waals surface area contributed by atoms with Gasteiger partial charge in [0.05, 0.1) is 5.69 Å². The Labute approximate surface area is 210 Å². The van der Waals surface area contributed by atoms with E-state index >= 15 is 0 Å². The van der Waals surface area contributed by atoms with Gasteiger partial charge in [0.15, 0.2) is 5.82 Å². The van der Waals surface area contributed by atoms with Crippen LogP contribution in [0.25, 0.3) is 17.1 Å². The number of hydrogen-bond donors (Lipinski definition) is 1. The van der Waals surface area contributed by atoms with Crippen LogP contribution in [0.5, 0.6) is 11.5 Å². The van der Waals surface area contributed by atoms with Gasteiger partial charge in [0.1, 0.15) is 11.5 Å². The van der Waals surface area contributed by atoms with Crippen LogP contribution in [0.2, 0.25) is 0 Å². The van der Waals surface area contributed by atoms with Crippen molar-refractivity contribution in [1.82, 2.24) is 14.8 Å². The number of amides is 1. The van der Waals surface area contributed by atoms with E-state index in [4.69, 9.17) is 4.74 Å². The van der Waals surface area contributed by atoms with Crippen LogP contribution >= 0.6 is 0 Å². The standard InChI is InChI=1S/C30H26N4O2/c1-20-8-7-9-23(19-20)29-32-28(33-34(29)27-17-12-21(2)18-22(27)3)30(35)31-24-13-15-26(16-14-24)36-25-10-5-4-6-11-25/h4-19H,1-3H3,(H,31,35). The minimum Gasteiger partial charge on any atom is -0.457 e. The summed E-state index contributed by atoms with van der Waals surface area (Å²) in [5.41, 5.74) is 5.71. The Hall–Kier alpha value is -4.71. The lowest BCUT2D eigenvalue weighted by atomic mass is 10.1. The molecule has 178 valence electrons. The number of benzene rings is 4. The SMILES string of the molecule is Cc1cccc(-c2nc(C(=O)Nc3ccc(Oc4ccccc4)cc3)nn2-c2ccc(C)cc2C)c1. The Morgan fingerprint density at radius 3 is 2.22 bits per heavy atom. The minimum absolute atomic E-state index is 0.0936. The highest BCUT2D eigenvalue weighted by Crippen LogP contribution is 2.26. The van der Waals surface area contributed by atoms with Gasteiger partial charge in [0, 0.05) is 11.3 Å². The van der Waals surface area contributed by atoms with Gasteiger partial charge in [0.25, 0.3) is 5.91 Å². The summed E-state index contributed by atoms with van der Waals surface area (Å²) in [7, 11) is 0. The number of aromatic nitrogens is 3. The van der Waals surface area contributed by atoms with E-state index in [9.17, 15) is 4.79 Å². The van der Waals surface area contributed by atoms with Gasteiger partial charge in [-0.25, -0.2) is 9.67 Å². The zero-order chi connectivity index (χ0) is 25.1. The number of para-hydroxylation sites is 1. The molecule has 0 bridgehead atoms. The highest BCUT2D eigenvalue weighted by Gasteiger charge is 2.20. The highest BCUT2D eigenvalue weighted by molar-refractivity contribution is 6.01. The molecule has 36 heavy (non-hydrogen) atoms. The molecule has 0 saturated heterocycles. The average molecular weight is 475 g/mol. The predicted octanol–water partition coefficient (Wildman–Crippen LogP) is 6.90. The lowest BCUT2D eigenvalue weighted by Gasteiger charge is -2.10. The van der Waals surface area contributed by atoms with Crippen LogP contribution in [0.15, 0.2) is 97.1 Å². The van der Waals surface area contributed by atoms with Crippen molar-refractivity contribution >= 4 is 11.6 Å². The third kappa shape index (κ3) is 5.03. The van der Waals surface area contributed by atoms with Crippen molar-refractivity contribution in [2.45, 2.75) is 20.8 Å². The summed E-state index contributed by atoms with van der Waals surface area (Å²) in [4.78, 5) is 17.8. The van der Waals surface area contributed by atoms with E-state index in [1.54, 1.807) is 16.8 Å². The number of hydrogen-bond acceptors (Lipinski definition) is 4. The van der Waals surface area contributed by atoms with E-state index in [1.807, 2.05) is 92.7 Å². The zero-order valence-corrected chi connectivity index (χ0v) is 20.4. The van der Waals surface area contributed by atoms with Crippen LogP contribution in [-0.2, 0) is 0 Å².